The van der Waals surface area contributed by atoms with Gasteiger partial charge in [-0.25, -0.2) is 4.79 Å². The number of esters is 1. The lowest BCUT2D eigenvalue weighted by atomic mass is 9.72. The summed E-state index contributed by atoms with van der Waals surface area (Å²) in [6, 6.07) is 4.91. The summed E-state index contributed by atoms with van der Waals surface area (Å²) in [4.78, 5) is 39.1. The Bertz CT molecular complexity index is 836. The standard InChI is InChI=1S/C20H23NO6/c1-10-9-20-13-5-4-12(26-2)6-11(13)7-15(19(25)27-3)21(20)16(22)8-14(20)17(10)18(23)24/h4-6,10,14-15,17H,7-9H2,1-3H3,(H,23,24)/t10-,14-,15-,17+,20-/m0/s1. The number of carbonyl (C=O) groups excluding carboxylic acids is 2. The van der Waals surface area contributed by atoms with E-state index in [2.05, 4.69) is 0 Å². The van der Waals surface area contributed by atoms with Gasteiger partial charge in [-0.1, -0.05) is 13.0 Å². The fraction of sp³-hybridized carbons (Fsp3) is 0.550. The molecule has 27 heavy (non-hydrogen) atoms. The predicted octanol–water partition coefficient (Wildman–Crippen LogP) is 1.58. The van der Waals surface area contributed by atoms with Gasteiger partial charge >= 0.3 is 11.9 Å². The summed E-state index contributed by atoms with van der Waals surface area (Å²) in [7, 11) is 2.89. The van der Waals surface area contributed by atoms with Gasteiger partial charge in [-0.2, -0.15) is 0 Å². The zero-order chi connectivity index (χ0) is 19.5. The van der Waals surface area contributed by atoms with E-state index in [0.717, 1.165) is 11.1 Å². The zero-order valence-electron chi connectivity index (χ0n) is 15.6. The Morgan fingerprint density at radius 2 is 2.00 bits per heavy atom. The summed E-state index contributed by atoms with van der Waals surface area (Å²) < 4.78 is 10.3. The molecule has 4 rings (SSSR count). The minimum Gasteiger partial charge on any atom is -0.497 e. The third-order valence-corrected chi connectivity index (χ3v) is 6.65. The molecular formula is C20H23NO6. The molecule has 7 nitrogen and oxygen atoms in total. The molecule has 2 heterocycles. The van der Waals surface area contributed by atoms with Gasteiger partial charge in [0.25, 0.3) is 0 Å². The van der Waals surface area contributed by atoms with E-state index < -0.39 is 29.4 Å². The number of amides is 1. The number of carboxylic acids is 1. The molecule has 0 aromatic heterocycles. The number of rotatable bonds is 3. The fourth-order valence-electron chi connectivity index (χ4n) is 5.76. The number of hydrogen-bond donors (Lipinski definition) is 1. The van der Waals surface area contributed by atoms with Crippen molar-refractivity contribution in [3.05, 3.63) is 29.3 Å². The van der Waals surface area contributed by atoms with Crippen molar-refractivity contribution in [2.24, 2.45) is 17.8 Å². The molecule has 1 aliphatic carbocycles. The molecule has 1 saturated carbocycles. The van der Waals surface area contributed by atoms with Crippen LogP contribution >= 0.6 is 0 Å². The van der Waals surface area contributed by atoms with Crippen LogP contribution in [0.15, 0.2) is 18.2 Å². The molecule has 1 aromatic carbocycles. The molecule has 1 aromatic rings. The van der Waals surface area contributed by atoms with Gasteiger partial charge in [-0.3, -0.25) is 9.59 Å². The summed E-state index contributed by atoms with van der Waals surface area (Å²) in [6.45, 7) is 1.92. The first-order valence-electron chi connectivity index (χ1n) is 9.15. The van der Waals surface area contributed by atoms with E-state index in [1.54, 1.807) is 12.0 Å². The minimum atomic E-state index is -0.880. The van der Waals surface area contributed by atoms with Crippen LogP contribution in [-0.2, 0) is 31.1 Å². The Morgan fingerprint density at radius 3 is 2.63 bits per heavy atom. The number of ether oxygens (including phenoxy) is 2. The Balaban J connectivity index is 1.95. The first-order chi connectivity index (χ1) is 12.8. The molecule has 0 unspecified atom stereocenters. The maximum atomic E-state index is 13.0. The van der Waals surface area contributed by atoms with E-state index in [4.69, 9.17) is 9.47 Å². The Labute approximate surface area is 157 Å². The molecule has 1 N–H and O–H groups in total. The third kappa shape index (κ3) is 2.23. The second kappa shape index (κ2) is 5.97. The zero-order valence-corrected chi connectivity index (χ0v) is 15.6. The topological polar surface area (TPSA) is 93.1 Å². The molecule has 7 heteroatoms. The highest BCUT2D eigenvalue weighted by Crippen LogP contribution is 2.62. The van der Waals surface area contributed by atoms with Gasteiger partial charge in [0, 0.05) is 18.8 Å². The molecular weight excluding hydrogens is 350 g/mol. The highest BCUT2D eigenvalue weighted by Gasteiger charge is 2.67. The van der Waals surface area contributed by atoms with Crippen LogP contribution in [0.3, 0.4) is 0 Å². The van der Waals surface area contributed by atoms with E-state index in [-0.39, 0.29) is 24.2 Å². The summed E-state index contributed by atoms with van der Waals surface area (Å²) in [5.41, 5.74) is 1.08. The number of hydrogen-bond acceptors (Lipinski definition) is 5. The van der Waals surface area contributed by atoms with Gasteiger partial charge in [0.2, 0.25) is 5.91 Å². The largest absolute Gasteiger partial charge is 0.497 e. The summed E-state index contributed by atoms with van der Waals surface area (Å²) in [5.74, 6) is -1.94. The van der Waals surface area contributed by atoms with Crippen LogP contribution < -0.4 is 4.74 Å². The Hall–Kier alpha value is -2.57. The SMILES string of the molecule is COC(=O)[C@@H]1Cc2cc(OC)ccc2[C@@]23C[C@H](C)[C@@H](C(=O)O)[C@@H]2CC(=O)N13. The first kappa shape index (κ1) is 17.8. The van der Waals surface area contributed by atoms with Crippen LogP contribution in [0.2, 0.25) is 0 Å². The lowest BCUT2D eigenvalue weighted by Crippen LogP contribution is -2.57. The van der Waals surface area contributed by atoms with Gasteiger partial charge in [0.15, 0.2) is 0 Å². The van der Waals surface area contributed by atoms with E-state index in [9.17, 15) is 19.5 Å². The molecule has 3 aliphatic rings. The quantitative estimate of drug-likeness (QED) is 0.809. The molecule has 2 aliphatic heterocycles. The molecule has 5 atom stereocenters. The van der Waals surface area contributed by atoms with Crippen molar-refractivity contribution in [3.63, 3.8) is 0 Å². The average Bonchev–Trinajstić information content (AvgIpc) is 3.07. The predicted molar refractivity (Wildman–Crippen MR) is 94.0 cm³/mol. The molecule has 2 fully saturated rings. The number of methoxy groups -OCH3 is 2. The highest BCUT2D eigenvalue weighted by atomic mass is 16.5. The molecule has 0 bridgehead atoms. The van der Waals surface area contributed by atoms with Crippen LogP contribution in [-0.4, -0.2) is 48.1 Å². The number of carbonyl (C=O) groups is 3. The van der Waals surface area contributed by atoms with Crippen molar-refractivity contribution in [1.82, 2.24) is 4.90 Å². The molecule has 0 radical (unpaired) electrons. The first-order valence-corrected chi connectivity index (χ1v) is 9.15. The van der Waals surface area contributed by atoms with Gasteiger partial charge in [-0.15, -0.1) is 0 Å². The maximum Gasteiger partial charge on any atom is 0.328 e. The Morgan fingerprint density at radius 1 is 1.26 bits per heavy atom. The number of carboxylic acid groups (broad SMARTS) is 1. The molecule has 1 spiro atoms. The second-order valence-electron chi connectivity index (χ2n) is 7.81. The monoisotopic (exact) mass is 373 g/mol. The fourth-order valence-corrected chi connectivity index (χ4v) is 5.76. The van der Waals surface area contributed by atoms with Crippen LogP contribution in [0.1, 0.15) is 30.9 Å². The number of fused-ring (bicyclic) bond motifs is 1. The Kier molecular flexibility index (Phi) is 3.94. The lowest BCUT2D eigenvalue weighted by molar-refractivity contribution is -0.157. The van der Waals surface area contributed by atoms with Gasteiger partial charge in [-0.05, 0) is 35.6 Å². The third-order valence-electron chi connectivity index (χ3n) is 6.65. The van der Waals surface area contributed by atoms with E-state index in [1.807, 2.05) is 25.1 Å². The van der Waals surface area contributed by atoms with Crippen molar-refractivity contribution in [1.29, 1.82) is 0 Å². The van der Waals surface area contributed by atoms with Crippen LogP contribution in [0.25, 0.3) is 0 Å². The van der Waals surface area contributed by atoms with Gasteiger partial charge in [0.1, 0.15) is 11.8 Å². The van der Waals surface area contributed by atoms with Crippen LogP contribution in [0.5, 0.6) is 5.75 Å². The lowest BCUT2D eigenvalue weighted by Gasteiger charge is -2.47. The summed E-state index contributed by atoms with van der Waals surface area (Å²) in [5, 5.41) is 9.81. The number of aliphatic carboxylic acids is 1. The van der Waals surface area contributed by atoms with Crippen molar-refractivity contribution < 1.29 is 29.0 Å². The highest BCUT2D eigenvalue weighted by molar-refractivity contribution is 5.90. The van der Waals surface area contributed by atoms with Crippen LogP contribution in [0.4, 0.5) is 0 Å². The number of nitrogens with zero attached hydrogens (tertiary/aromatic N) is 1. The molecule has 144 valence electrons. The smallest absolute Gasteiger partial charge is 0.328 e. The van der Waals surface area contributed by atoms with Crippen LogP contribution in [0, 0.1) is 17.8 Å². The summed E-state index contributed by atoms with van der Waals surface area (Å²) in [6.07, 6.45) is 0.999. The van der Waals surface area contributed by atoms with Gasteiger partial charge < -0.3 is 19.5 Å². The van der Waals surface area contributed by atoms with Crippen molar-refractivity contribution in [2.45, 2.75) is 37.8 Å². The van der Waals surface area contributed by atoms with E-state index in [0.29, 0.717) is 18.6 Å². The minimum absolute atomic E-state index is 0.102. The maximum absolute atomic E-state index is 13.0. The van der Waals surface area contributed by atoms with Crippen molar-refractivity contribution in [3.8, 4) is 5.75 Å². The second-order valence-corrected chi connectivity index (χ2v) is 7.81. The molecule has 1 saturated heterocycles. The van der Waals surface area contributed by atoms with E-state index in [1.165, 1.54) is 7.11 Å². The van der Waals surface area contributed by atoms with Gasteiger partial charge in [0.05, 0.1) is 25.7 Å². The molecule has 1 amide bonds. The van der Waals surface area contributed by atoms with Crippen molar-refractivity contribution in [2.75, 3.05) is 14.2 Å². The average molecular weight is 373 g/mol. The normalized spacial score (nSPS) is 33.9. The van der Waals surface area contributed by atoms with Crippen molar-refractivity contribution >= 4 is 17.8 Å². The summed E-state index contributed by atoms with van der Waals surface area (Å²) >= 11 is 0. The van der Waals surface area contributed by atoms with E-state index >= 15 is 0 Å². The number of benzene rings is 1.